The predicted molar refractivity (Wildman–Crippen MR) is 179 cm³/mol. The van der Waals surface area contributed by atoms with Gasteiger partial charge in [-0.15, -0.1) is 0 Å². The first-order chi connectivity index (χ1) is 22.1. The van der Waals surface area contributed by atoms with Crippen LogP contribution in [-0.4, -0.2) is 63.7 Å². The number of nitrogens with one attached hydrogen (secondary N) is 2. The maximum atomic E-state index is 14.4. The average molecular weight is 646 g/mol. The van der Waals surface area contributed by atoms with Crippen LogP contribution in [0.4, 0.5) is 4.79 Å². The molecule has 10 nitrogen and oxygen atoms in total. The minimum absolute atomic E-state index is 0.0301. The standard InChI is InChI=1S/C37H47N3O7/c1-8-40(33(43)28(23-25-17-11-9-12-18-25)39-35(45)47-37(5,6)7)31(27-21-15-16-22-30(27)41)32(42)38-29(34(44)46-36(2,3)4)24-26-19-13-10-14-20-26/h9-22,28-29,31,41H,8,23-24H2,1-7H3,(H,38,42)(H,39,45). The number of hydrogen-bond donors (Lipinski definition) is 3. The fraction of sp³-hybridized carbons (Fsp3) is 0.405. The summed E-state index contributed by atoms with van der Waals surface area (Å²) in [4.78, 5) is 56.4. The number of nitrogens with zero attached hydrogens (tertiary/aromatic N) is 1. The number of para-hydroxylation sites is 1. The van der Waals surface area contributed by atoms with Crippen LogP contribution in [0.2, 0.25) is 0 Å². The fourth-order valence-corrected chi connectivity index (χ4v) is 5.00. The number of hydrogen-bond acceptors (Lipinski definition) is 7. The number of carbonyl (C=O) groups excluding carboxylic acids is 4. The molecule has 0 aliphatic rings. The topological polar surface area (TPSA) is 134 Å². The molecular weight excluding hydrogens is 598 g/mol. The van der Waals surface area contributed by atoms with Gasteiger partial charge in [0.25, 0.3) is 0 Å². The van der Waals surface area contributed by atoms with Gasteiger partial charge in [0.2, 0.25) is 11.8 Å². The van der Waals surface area contributed by atoms with E-state index in [1.807, 2.05) is 60.7 Å². The molecule has 0 aliphatic carbocycles. The molecule has 0 bridgehead atoms. The van der Waals surface area contributed by atoms with Crippen molar-refractivity contribution in [2.45, 2.75) is 90.6 Å². The lowest BCUT2D eigenvalue weighted by atomic mass is 9.98. The van der Waals surface area contributed by atoms with Gasteiger partial charge in [0.1, 0.15) is 35.1 Å². The van der Waals surface area contributed by atoms with Crippen LogP contribution in [0.1, 0.15) is 71.2 Å². The first-order valence-electron chi connectivity index (χ1n) is 15.8. The molecule has 3 N–H and O–H groups in total. The Balaban J connectivity index is 2.04. The predicted octanol–water partition coefficient (Wildman–Crippen LogP) is 5.49. The van der Waals surface area contributed by atoms with Gasteiger partial charge in [-0.25, -0.2) is 9.59 Å². The van der Waals surface area contributed by atoms with Crippen LogP contribution in [0, 0.1) is 0 Å². The summed E-state index contributed by atoms with van der Waals surface area (Å²) in [5, 5.41) is 16.4. The van der Waals surface area contributed by atoms with E-state index in [9.17, 15) is 24.3 Å². The Bertz CT molecular complexity index is 1500. The van der Waals surface area contributed by atoms with Crippen molar-refractivity contribution in [2.75, 3.05) is 6.54 Å². The van der Waals surface area contributed by atoms with E-state index in [1.165, 1.54) is 11.0 Å². The molecule has 3 unspecified atom stereocenters. The van der Waals surface area contributed by atoms with Gasteiger partial charge < -0.3 is 30.1 Å². The van der Waals surface area contributed by atoms with Crippen LogP contribution in [-0.2, 0) is 36.7 Å². The Morgan fingerprint density at radius 1 is 0.702 bits per heavy atom. The summed E-state index contributed by atoms with van der Waals surface area (Å²) in [7, 11) is 0. The molecule has 0 radical (unpaired) electrons. The Hall–Kier alpha value is -4.86. The van der Waals surface area contributed by atoms with Crippen LogP contribution in [0.25, 0.3) is 0 Å². The molecule has 3 amide bonds. The van der Waals surface area contributed by atoms with Crippen molar-refractivity contribution in [1.29, 1.82) is 0 Å². The summed E-state index contributed by atoms with van der Waals surface area (Å²) < 4.78 is 11.1. The van der Waals surface area contributed by atoms with Gasteiger partial charge >= 0.3 is 12.1 Å². The lowest BCUT2D eigenvalue weighted by Crippen LogP contribution is -2.55. The zero-order valence-corrected chi connectivity index (χ0v) is 28.3. The third kappa shape index (κ3) is 11.5. The first-order valence-corrected chi connectivity index (χ1v) is 15.8. The van der Waals surface area contributed by atoms with E-state index in [-0.39, 0.29) is 30.7 Å². The highest BCUT2D eigenvalue weighted by Crippen LogP contribution is 2.30. The highest BCUT2D eigenvalue weighted by Gasteiger charge is 2.38. The van der Waals surface area contributed by atoms with Crippen molar-refractivity contribution in [1.82, 2.24) is 15.5 Å². The molecule has 0 aliphatic heterocycles. The number of phenols is 1. The van der Waals surface area contributed by atoms with Crippen molar-refractivity contribution in [2.24, 2.45) is 0 Å². The van der Waals surface area contributed by atoms with E-state index in [0.717, 1.165) is 11.1 Å². The number of rotatable bonds is 12. The van der Waals surface area contributed by atoms with Crippen LogP contribution < -0.4 is 10.6 Å². The molecule has 0 saturated heterocycles. The molecule has 10 heteroatoms. The third-order valence-corrected chi connectivity index (χ3v) is 6.98. The number of phenolic OH excluding ortho intramolecular Hbond substituents is 1. The normalized spacial score (nSPS) is 13.4. The second-order valence-electron chi connectivity index (χ2n) is 13.3. The SMILES string of the molecule is CCN(C(=O)C(Cc1ccccc1)NC(=O)OC(C)(C)C)C(C(=O)NC(Cc1ccccc1)C(=O)OC(C)(C)C)c1ccccc1O. The molecule has 3 aromatic carbocycles. The second kappa shape index (κ2) is 16.1. The second-order valence-corrected chi connectivity index (χ2v) is 13.3. The van der Waals surface area contributed by atoms with Crippen molar-refractivity contribution in [3.05, 3.63) is 102 Å². The molecule has 252 valence electrons. The molecule has 0 fully saturated rings. The summed E-state index contributed by atoms with van der Waals surface area (Å²) >= 11 is 0. The maximum absolute atomic E-state index is 14.4. The van der Waals surface area contributed by atoms with Crippen molar-refractivity contribution in [3.63, 3.8) is 0 Å². The summed E-state index contributed by atoms with van der Waals surface area (Å²) in [6.07, 6.45) is -0.551. The first kappa shape index (κ1) is 36.6. The number of esters is 1. The van der Waals surface area contributed by atoms with E-state index in [4.69, 9.17) is 9.47 Å². The van der Waals surface area contributed by atoms with Crippen molar-refractivity contribution < 1.29 is 33.8 Å². The van der Waals surface area contributed by atoms with Gasteiger partial charge in [0.15, 0.2) is 0 Å². The number of amides is 3. The molecule has 0 spiro atoms. The molecule has 3 atom stereocenters. The number of carbonyl (C=O) groups is 4. The highest BCUT2D eigenvalue weighted by atomic mass is 16.6. The van der Waals surface area contributed by atoms with Crippen LogP contribution >= 0.6 is 0 Å². The zero-order chi connectivity index (χ0) is 34.8. The van der Waals surface area contributed by atoms with Gasteiger partial charge in [-0.2, -0.15) is 0 Å². The van der Waals surface area contributed by atoms with Crippen LogP contribution in [0.15, 0.2) is 84.9 Å². The van der Waals surface area contributed by atoms with E-state index in [0.29, 0.717) is 0 Å². The minimum Gasteiger partial charge on any atom is -0.508 e. The number of alkyl carbamates (subject to hydrolysis) is 1. The largest absolute Gasteiger partial charge is 0.508 e. The summed E-state index contributed by atoms with van der Waals surface area (Å²) in [6.45, 7) is 12.1. The fourth-order valence-electron chi connectivity index (χ4n) is 5.00. The van der Waals surface area contributed by atoms with Gasteiger partial charge in [0, 0.05) is 24.9 Å². The van der Waals surface area contributed by atoms with E-state index < -0.39 is 53.2 Å². The smallest absolute Gasteiger partial charge is 0.408 e. The van der Waals surface area contributed by atoms with Gasteiger partial charge in [-0.1, -0.05) is 78.9 Å². The van der Waals surface area contributed by atoms with Gasteiger partial charge in [0.05, 0.1) is 0 Å². The Labute approximate surface area is 277 Å². The molecule has 47 heavy (non-hydrogen) atoms. The number of aromatic hydroxyl groups is 1. The molecule has 3 aromatic rings. The monoisotopic (exact) mass is 645 g/mol. The minimum atomic E-state index is -1.37. The number of benzene rings is 3. The maximum Gasteiger partial charge on any atom is 0.408 e. The lowest BCUT2D eigenvalue weighted by molar-refractivity contribution is -0.159. The van der Waals surface area contributed by atoms with Gasteiger partial charge in [-0.05, 0) is 65.7 Å². The Morgan fingerprint density at radius 3 is 1.68 bits per heavy atom. The van der Waals surface area contributed by atoms with E-state index in [2.05, 4.69) is 10.6 Å². The highest BCUT2D eigenvalue weighted by molar-refractivity contribution is 5.94. The van der Waals surface area contributed by atoms with Gasteiger partial charge in [-0.3, -0.25) is 9.59 Å². The Morgan fingerprint density at radius 2 is 1.19 bits per heavy atom. The van der Waals surface area contributed by atoms with Crippen molar-refractivity contribution in [3.8, 4) is 5.75 Å². The number of likely N-dealkylation sites (N-methyl/N-ethyl adjacent to an activating group) is 1. The average Bonchev–Trinajstić information content (AvgIpc) is 2.98. The lowest BCUT2D eigenvalue weighted by Gasteiger charge is -2.35. The van der Waals surface area contributed by atoms with E-state index in [1.54, 1.807) is 66.7 Å². The molecule has 3 rings (SSSR count). The molecule has 0 heterocycles. The summed E-state index contributed by atoms with van der Waals surface area (Å²) in [6, 6.07) is 20.9. The molecular formula is C37H47N3O7. The quantitative estimate of drug-likeness (QED) is 0.222. The Kier molecular flexibility index (Phi) is 12.5. The summed E-state index contributed by atoms with van der Waals surface area (Å²) in [5.41, 5.74) is 0.0726. The zero-order valence-electron chi connectivity index (χ0n) is 28.3. The number of ether oxygens (including phenoxy) is 2. The van der Waals surface area contributed by atoms with E-state index >= 15 is 0 Å². The van der Waals surface area contributed by atoms with Crippen LogP contribution in [0.3, 0.4) is 0 Å². The van der Waals surface area contributed by atoms with Crippen molar-refractivity contribution >= 4 is 23.9 Å². The van der Waals surface area contributed by atoms with Crippen LogP contribution in [0.5, 0.6) is 5.75 Å². The molecule has 0 aromatic heterocycles. The molecule has 0 saturated carbocycles. The summed E-state index contributed by atoms with van der Waals surface area (Å²) in [5.74, 6) is -2.14. The third-order valence-electron chi connectivity index (χ3n) is 6.98.